The first-order valence-electron chi connectivity index (χ1n) is 6.98. The molecule has 8 heteroatoms. The van der Waals surface area contributed by atoms with Gasteiger partial charge in [0.15, 0.2) is 11.5 Å². The molecule has 0 aliphatic carbocycles. The van der Waals surface area contributed by atoms with E-state index in [0.717, 1.165) is 6.42 Å². The summed E-state index contributed by atoms with van der Waals surface area (Å²) in [5.41, 5.74) is 2.73. The van der Waals surface area contributed by atoms with Gasteiger partial charge in [0.05, 0.1) is 25.5 Å². The van der Waals surface area contributed by atoms with Crippen molar-refractivity contribution >= 4 is 29.6 Å². The molecule has 0 saturated heterocycles. The third kappa shape index (κ3) is 5.45. The molecule has 0 aliphatic heterocycles. The van der Waals surface area contributed by atoms with Gasteiger partial charge in [0.1, 0.15) is 0 Å². The number of methoxy groups -OCH3 is 2. The Bertz CT molecular complexity index is 605. The van der Waals surface area contributed by atoms with Gasteiger partial charge in [-0.3, -0.25) is 9.59 Å². The summed E-state index contributed by atoms with van der Waals surface area (Å²) in [6.07, 6.45) is 2.08. The third-order valence-corrected chi connectivity index (χ3v) is 3.31. The van der Waals surface area contributed by atoms with Crippen molar-refractivity contribution in [2.45, 2.75) is 26.3 Å². The van der Waals surface area contributed by atoms with E-state index in [1.54, 1.807) is 19.1 Å². The van der Waals surface area contributed by atoms with Crippen LogP contribution < -0.4 is 20.2 Å². The predicted molar refractivity (Wildman–Crippen MR) is 88.2 cm³/mol. The quantitative estimate of drug-likeness (QED) is 0.468. The first kappa shape index (κ1) is 18.8. The highest BCUT2D eigenvalue weighted by atomic mass is 35.5. The van der Waals surface area contributed by atoms with Crippen molar-refractivity contribution in [1.29, 1.82) is 0 Å². The van der Waals surface area contributed by atoms with E-state index < -0.39 is 11.8 Å². The lowest BCUT2D eigenvalue weighted by molar-refractivity contribution is -0.139. The smallest absolute Gasteiger partial charge is 0.329 e. The van der Waals surface area contributed by atoms with Crippen molar-refractivity contribution < 1.29 is 19.1 Å². The zero-order chi connectivity index (χ0) is 17.4. The molecule has 23 heavy (non-hydrogen) atoms. The number of hydrogen-bond acceptors (Lipinski definition) is 5. The number of hydrogen-bond donors (Lipinski definition) is 2. The summed E-state index contributed by atoms with van der Waals surface area (Å²) < 4.78 is 10.3. The SMILES string of the molecule is CC[C@H](C)NC(=O)C(=O)N/N=C\c1cc(Cl)c(OC)c(OC)c1. The van der Waals surface area contributed by atoms with Crippen LogP contribution in [0.4, 0.5) is 0 Å². The second-order valence-electron chi connectivity index (χ2n) is 4.72. The molecule has 0 saturated carbocycles. The second-order valence-corrected chi connectivity index (χ2v) is 5.13. The van der Waals surface area contributed by atoms with Crippen molar-refractivity contribution in [3.05, 3.63) is 22.7 Å². The van der Waals surface area contributed by atoms with Crippen LogP contribution in [0.15, 0.2) is 17.2 Å². The number of ether oxygens (including phenoxy) is 2. The summed E-state index contributed by atoms with van der Waals surface area (Å²) in [6.45, 7) is 3.71. The van der Waals surface area contributed by atoms with E-state index in [9.17, 15) is 9.59 Å². The molecule has 0 aromatic heterocycles. The van der Waals surface area contributed by atoms with Crippen molar-refractivity contribution in [1.82, 2.24) is 10.7 Å². The van der Waals surface area contributed by atoms with Gasteiger partial charge in [-0.2, -0.15) is 5.10 Å². The van der Waals surface area contributed by atoms with Crippen LogP contribution >= 0.6 is 11.6 Å². The number of nitrogens with one attached hydrogen (secondary N) is 2. The fourth-order valence-corrected chi connectivity index (χ4v) is 1.92. The lowest BCUT2D eigenvalue weighted by Gasteiger charge is -2.10. The van der Waals surface area contributed by atoms with Crippen LogP contribution in [-0.4, -0.2) is 38.3 Å². The number of rotatable bonds is 6. The van der Waals surface area contributed by atoms with Gasteiger partial charge in [0.25, 0.3) is 0 Å². The van der Waals surface area contributed by atoms with Gasteiger partial charge in [-0.25, -0.2) is 5.43 Å². The van der Waals surface area contributed by atoms with E-state index in [1.165, 1.54) is 20.4 Å². The number of carbonyl (C=O) groups is 2. The number of carbonyl (C=O) groups excluding carboxylic acids is 2. The topological polar surface area (TPSA) is 89.0 Å². The van der Waals surface area contributed by atoms with Crippen LogP contribution in [0, 0.1) is 0 Å². The fraction of sp³-hybridized carbons (Fsp3) is 0.400. The Balaban J connectivity index is 2.73. The Morgan fingerprint density at radius 3 is 2.57 bits per heavy atom. The van der Waals surface area contributed by atoms with Gasteiger partial charge in [-0.1, -0.05) is 18.5 Å². The first-order chi connectivity index (χ1) is 10.9. The molecule has 0 unspecified atom stereocenters. The molecule has 2 amide bonds. The minimum absolute atomic E-state index is 0.0816. The molecule has 1 atom stereocenters. The summed E-state index contributed by atoms with van der Waals surface area (Å²) in [5.74, 6) is -0.736. The number of halogens is 1. The summed E-state index contributed by atoms with van der Waals surface area (Å²) in [5, 5.41) is 6.61. The molecular formula is C15H20ClN3O4. The van der Waals surface area contributed by atoms with Crippen LogP contribution in [0.2, 0.25) is 5.02 Å². The zero-order valence-electron chi connectivity index (χ0n) is 13.5. The van der Waals surface area contributed by atoms with Crippen LogP contribution in [0.25, 0.3) is 0 Å². The van der Waals surface area contributed by atoms with Crippen molar-refractivity contribution in [3.63, 3.8) is 0 Å². The van der Waals surface area contributed by atoms with E-state index >= 15 is 0 Å². The maximum absolute atomic E-state index is 11.6. The van der Waals surface area contributed by atoms with Crippen molar-refractivity contribution in [3.8, 4) is 11.5 Å². The van der Waals surface area contributed by atoms with E-state index in [4.69, 9.17) is 21.1 Å². The molecular weight excluding hydrogens is 322 g/mol. The highest BCUT2D eigenvalue weighted by Gasteiger charge is 2.14. The molecule has 1 aromatic carbocycles. The standard InChI is InChI=1S/C15H20ClN3O4/c1-5-9(2)18-14(20)15(21)19-17-8-10-6-11(16)13(23-4)12(7-10)22-3/h6-9H,5H2,1-4H3,(H,18,20)(H,19,21)/b17-8-/t9-/m0/s1. The highest BCUT2D eigenvalue weighted by molar-refractivity contribution is 6.35. The minimum atomic E-state index is -0.840. The summed E-state index contributed by atoms with van der Waals surface area (Å²) in [6, 6.07) is 3.15. The van der Waals surface area contributed by atoms with E-state index in [2.05, 4.69) is 15.8 Å². The molecule has 126 valence electrons. The normalized spacial score (nSPS) is 11.9. The average molecular weight is 342 g/mol. The molecule has 2 N–H and O–H groups in total. The van der Waals surface area contributed by atoms with Gasteiger partial charge < -0.3 is 14.8 Å². The van der Waals surface area contributed by atoms with Crippen molar-refractivity contribution in [2.75, 3.05) is 14.2 Å². The number of hydrazone groups is 1. The van der Waals surface area contributed by atoms with E-state index in [0.29, 0.717) is 22.1 Å². The first-order valence-corrected chi connectivity index (χ1v) is 7.36. The predicted octanol–water partition coefficient (Wildman–Crippen LogP) is 1.72. The molecule has 0 spiro atoms. The van der Waals surface area contributed by atoms with Gasteiger partial charge in [0, 0.05) is 6.04 Å². The molecule has 1 aromatic rings. The van der Waals surface area contributed by atoms with Crippen LogP contribution in [-0.2, 0) is 9.59 Å². The molecule has 0 bridgehead atoms. The second kappa shape index (κ2) is 8.99. The molecule has 0 heterocycles. The van der Waals surface area contributed by atoms with Crippen LogP contribution in [0.1, 0.15) is 25.8 Å². The van der Waals surface area contributed by atoms with Gasteiger partial charge in [-0.05, 0) is 31.0 Å². The molecule has 0 radical (unpaired) electrons. The zero-order valence-corrected chi connectivity index (χ0v) is 14.2. The number of benzene rings is 1. The third-order valence-electron chi connectivity index (χ3n) is 3.03. The summed E-state index contributed by atoms with van der Waals surface area (Å²) in [7, 11) is 2.96. The molecule has 0 fully saturated rings. The van der Waals surface area contributed by atoms with E-state index in [-0.39, 0.29) is 6.04 Å². The summed E-state index contributed by atoms with van der Waals surface area (Å²) >= 11 is 6.06. The maximum atomic E-state index is 11.6. The Morgan fingerprint density at radius 2 is 2.00 bits per heavy atom. The highest BCUT2D eigenvalue weighted by Crippen LogP contribution is 2.35. The van der Waals surface area contributed by atoms with E-state index in [1.807, 2.05) is 6.92 Å². The van der Waals surface area contributed by atoms with Gasteiger partial charge in [0.2, 0.25) is 0 Å². The molecule has 1 rings (SSSR count). The Kier molecular flexibility index (Phi) is 7.34. The number of amides is 2. The summed E-state index contributed by atoms with van der Waals surface area (Å²) in [4.78, 5) is 23.1. The fourth-order valence-electron chi connectivity index (χ4n) is 1.62. The number of nitrogens with zero attached hydrogens (tertiary/aromatic N) is 1. The van der Waals surface area contributed by atoms with Gasteiger partial charge >= 0.3 is 11.8 Å². The van der Waals surface area contributed by atoms with Crippen LogP contribution in [0.3, 0.4) is 0 Å². The lowest BCUT2D eigenvalue weighted by atomic mass is 10.2. The molecule has 0 aliphatic rings. The lowest BCUT2D eigenvalue weighted by Crippen LogP contribution is -2.41. The van der Waals surface area contributed by atoms with Crippen molar-refractivity contribution in [2.24, 2.45) is 5.10 Å². The van der Waals surface area contributed by atoms with Crippen LogP contribution in [0.5, 0.6) is 11.5 Å². The Morgan fingerprint density at radius 1 is 1.30 bits per heavy atom. The minimum Gasteiger partial charge on any atom is -0.493 e. The monoisotopic (exact) mass is 341 g/mol. The Labute approximate surface area is 140 Å². The molecule has 7 nitrogen and oxygen atoms in total. The largest absolute Gasteiger partial charge is 0.493 e. The Hall–Kier alpha value is -2.28. The maximum Gasteiger partial charge on any atom is 0.329 e. The average Bonchev–Trinajstić information content (AvgIpc) is 2.53. The van der Waals surface area contributed by atoms with Gasteiger partial charge in [-0.15, -0.1) is 0 Å².